The van der Waals surface area contributed by atoms with E-state index in [0.717, 1.165) is 38.5 Å². The maximum Gasteiger partial charge on any atom is 0.210 e. The van der Waals surface area contributed by atoms with Crippen molar-refractivity contribution in [1.82, 2.24) is 0 Å². The van der Waals surface area contributed by atoms with Gasteiger partial charge in [0.1, 0.15) is 12.2 Å². The van der Waals surface area contributed by atoms with Crippen molar-refractivity contribution in [1.29, 1.82) is 0 Å². The smallest absolute Gasteiger partial charge is 0.210 e. The van der Waals surface area contributed by atoms with Gasteiger partial charge in [0.15, 0.2) is 17.3 Å². The molecule has 3 atom stereocenters. The Morgan fingerprint density at radius 2 is 0.674 bits per heavy atom. The van der Waals surface area contributed by atoms with E-state index in [4.69, 9.17) is 0 Å². The number of aliphatic hydroxyl groups excluding tert-OH is 2. The van der Waals surface area contributed by atoms with E-state index < -0.39 is 35.2 Å². The summed E-state index contributed by atoms with van der Waals surface area (Å²) in [5, 5.41) is 32.8. The Bertz CT molecular complexity index is 737. The first-order chi connectivity index (χ1) is 22.3. The molecule has 0 heterocycles. The van der Waals surface area contributed by atoms with Crippen LogP contribution >= 0.6 is 0 Å². The molecule has 0 spiro atoms. The maximum atomic E-state index is 13.2. The van der Waals surface area contributed by atoms with E-state index >= 15 is 0 Å². The number of ketones is 3. The highest BCUT2D eigenvalue weighted by Gasteiger charge is 2.52. The molecule has 0 aromatic rings. The molecule has 0 aliphatic rings. The predicted molar refractivity (Wildman–Crippen MR) is 192 cm³/mol. The summed E-state index contributed by atoms with van der Waals surface area (Å²) in [6.07, 6.45) is 27.2. The van der Waals surface area contributed by atoms with Crippen LogP contribution < -0.4 is 0 Å². The zero-order chi connectivity index (χ0) is 34.3. The molecule has 0 aromatic heterocycles. The number of hydrogen-bond donors (Lipinski definition) is 3. The molecule has 3 unspecified atom stereocenters. The van der Waals surface area contributed by atoms with Crippen LogP contribution in [0.15, 0.2) is 0 Å². The van der Waals surface area contributed by atoms with Crippen LogP contribution in [-0.4, -0.2) is 50.5 Å². The van der Waals surface area contributed by atoms with Gasteiger partial charge in [-0.2, -0.15) is 0 Å². The van der Waals surface area contributed by atoms with Gasteiger partial charge in [-0.1, -0.05) is 181 Å². The molecule has 0 aromatic carbocycles. The largest absolute Gasteiger partial charge is 0.386 e. The highest BCUT2D eigenvalue weighted by molar-refractivity contribution is 6.11. The summed E-state index contributed by atoms with van der Waals surface area (Å²) in [6.45, 7) is 6.37. The topological polar surface area (TPSA) is 112 Å². The fraction of sp³-hybridized carbons (Fsp3) is 0.925. The zero-order valence-electron chi connectivity index (χ0n) is 30.6. The van der Waals surface area contributed by atoms with Gasteiger partial charge < -0.3 is 15.3 Å². The number of aliphatic hydroxyl groups is 3. The van der Waals surface area contributed by atoms with Crippen LogP contribution in [0.25, 0.3) is 0 Å². The summed E-state index contributed by atoms with van der Waals surface area (Å²) < 4.78 is 0. The number of carbonyl (C=O) groups is 3. The van der Waals surface area contributed by atoms with E-state index in [0.29, 0.717) is 25.7 Å². The van der Waals surface area contributed by atoms with Crippen LogP contribution in [0.2, 0.25) is 0 Å². The third-order valence-electron chi connectivity index (χ3n) is 9.70. The Hall–Kier alpha value is -1.11. The lowest BCUT2D eigenvalue weighted by Gasteiger charge is -2.32. The predicted octanol–water partition coefficient (Wildman–Crippen LogP) is 10.3. The van der Waals surface area contributed by atoms with Gasteiger partial charge in [-0.15, -0.1) is 0 Å². The number of rotatable bonds is 36. The van der Waals surface area contributed by atoms with Crippen molar-refractivity contribution < 1.29 is 29.7 Å². The minimum absolute atomic E-state index is 0.0526. The van der Waals surface area contributed by atoms with E-state index in [-0.39, 0.29) is 19.3 Å². The first-order valence-corrected chi connectivity index (χ1v) is 19.9. The highest BCUT2D eigenvalue weighted by Crippen LogP contribution is 2.25. The molecule has 0 aliphatic heterocycles. The quantitative estimate of drug-likeness (QED) is 0.0459. The first kappa shape index (κ1) is 44.9. The van der Waals surface area contributed by atoms with Crippen molar-refractivity contribution in [3.05, 3.63) is 0 Å². The van der Waals surface area contributed by atoms with Gasteiger partial charge in [0.05, 0.1) is 0 Å². The van der Waals surface area contributed by atoms with E-state index in [2.05, 4.69) is 13.8 Å². The third-order valence-corrected chi connectivity index (χ3v) is 9.70. The van der Waals surface area contributed by atoms with Crippen LogP contribution in [0.4, 0.5) is 0 Å². The van der Waals surface area contributed by atoms with Gasteiger partial charge in [-0.3, -0.25) is 14.4 Å². The van der Waals surface area contributed by atoms with Gasteiger partial charge in [0, 0.05) is 19.3 Å². The normalized spacial score (nSPS) is 14.2. The third kappa shape index (κ3) is 21.7. The molecule has 272 valence electrons. The molecular formula is C40H76O6. The molecule has 0 aliphatic carbocycles. The van der Waals surface area contributed by atoms with Gasteiger partial charge in [0.25, 0.3) is 0 Å². The highest BCUT2D eigenvalue weighted by atomic mass is 16.4. The first-order valence-electron chi connectivity index (χ1n) is 19.9. The van der Waals surface area contributed by atoms with Crippen molar-refractivity contribution in [2.75, 3.05) is 0 Å². The van der Waals surface area contributed by atoms with Gasteiger partial charge in [-0.05, 0) is 19.3 Å². The molecule has 0 saturated heterocycles. The molecule has 0 fully saturated rings. The summed E-state index contributed by atoms with van der Waals surface area (Å²) in [4.78, 5) is 38.9. The lowest BCUT2D eigenvalue weighted by atomic mass is 9.79. The minimum Gasteiger partial charge on any atom is -0.386 e. The van der Waals surface area contributed by atoms with E-state index in [1.165, 1.54) is 116 Å². The Morgan fingerprint density at radius 3 is 1.00 bits per heavy atom. The van der Waals surface area contributed by atoms with Crippen LogP contribution in [0.5, 0.6) is 0 Å². The van der Waals surface area contributed by atoms with Crippen molar-refractivity contribution in [2.24, 2.45) is 0 Å². The molecule has 6 heteroatoms. The lowest BCUT2D eigenvalue weighted by molar-refractivity contribution is -0.174. The van der Waals surface area contributed by atoms with Crippen molar-refractivity contribution >= 4 is 17.3 Å². The van der Waals surface area contributed by atoms with Gasteiger partial charge in [-0.25, -0.2) is 0 Å². The second-order valence-electron chi connectivity index (χ2n) is 14.1. The number of hydrogen-bond acceptors (Lipinski definition) is 6. The van der Waals surface area contributed by atoms with Crippen LogP contribution in [0.3, 0.4) is 0 Å². The average Bonchev–Trinajstić information content (AvgIpc) is 3.06. The summed E-state index contributed by atoms with van der Waals surface area (Å²) in [5.74, 6) is -2.20. The molecule has 0 radical (unpaired) electrons. The molecule has 0 rings (SSSR count). The summed E-state index contributed by atoms with van der Waals surface area (Å²) in [6, 6.07) is 0. The Morgan fingerprint density at radius 1 is 0.413 bits per heavy atom. The fourth-order valence-electron chi connectivity index (χ4n) is 6.38. The zero-order valence-corrected chi connectivity index (χ0v) is 30.6. The Kier molecular flexibility index (Phi) is 30.4. The summed E-state index contributed by atoms with van der Waals surface area (Å²) in [5.41, 5.74) is -2.74. The van der Waals surface area contributed by atoms with E-state index in [1.807, 2.05) is 6.92 Å². The Balaban J connectivity index is 4.45. The molecule has 0 saturated carbocycles. The molecule has 46 heavy (non-hydrogen) atoms. The molecule has 0 bridgehead atoms. The SMILES string of the molecule is CCCCCCCCCCCCCCCC(=O)C(O)C(O)C(O)(C(=O)CCCC)C(=O)CCCCCCCCCCCCCCC. The minimum atomic E-state index is -2.74. The molecular weight excluding hydrogens is 576 g/mol. The lowest BCUT2D eigenvalue weighted by Crippen LogP contribution is -2.61. The van der Waals surface area contributed by atoms with Crippen LogP contribution in [0, 0.1) is 0 Å². The fourth-order valence-corrected chi connectivity index (χ4v) is 6.38. The average molecular weight is 653 g/mol. The number of carbonyl (C=O) groups excluding carboxylic acids is 3. The van der Waals surface area contributed by atoms with Crippen molar-refractivity contribution in [3.8, 4) is 0 Å². The van der Waals surface area contributed by atoms with E-state index in [9.17, 15) is 29.7 Å². The summed E-state index contributed by atoms with van der Waals surface area (Å²) in [7, 11) is 0. The molecule has 0 amide bonds. The van der Waals surface area contributed by atoms with Crippen LogP contribution in [0.1, 0.15) is 220 Å². The molecule has 6 nitrogen and oxygen atoms in total. The van der Waals surface area contributed by atoms with Gasteiger partial charge in [0.2, 0.25) is 5.60 Å². The second kappa shape index (κ2) is 31.2. The van der Waals surface area contributed by atoms with Crippen molar-refractivity contribution in [3.63, 3.8) is 0 Å². The number of Topliss-reactive ketones (excluding diaryl/α,β-unsaturated/α-hetero) is 3. The van der Waals surface area contributed by atoms with E-state index in [1.54, 1.807) is 0 Å². The Labute approximate surface area is 284 Å². The monoisotopic (exact) mass is 653 g/mol. The standard InChI is InChI=1S/C40H76O6/c1-4-7-10-12-14-16-18-20-22-24-26-28-30-32-35(41)38(44)39(45)40(46,36(42)33-9-6-3)37(43)34-31-29-27-25-23-21-19-17-15-13-11-8-5-2/h38-39,44-46H,4-34H2,1-3H3. The van der Waals surface area contributed by atoms with Crippen LogP contribution in [-0.2, 0) is 14.4 Å². The molecule has 3 N–H and O–H groups in total. The maximum absolute atomic E-state index is 13.2. The summed E-state index contributed by atoms with van der Waals surface area (Å²) >= 11 is 0. The van der Waals surface area contributed by atoms with Gasteiger partial charge >= 0.3 is 0 Å². The second-order valence-corrected chi connectivity index (χ2v) is 14.1. The van der Waals surface area contributed by atoms with Crippen molar-refractivity contribution in [2.45, 2.75) is 238 Å². The number of unbranched alkanes of at least 4 members (excludes halogenated alkanes) is 25.